The van der Waals surface area contributed by atoms with Crippen molar-refractivity contribution in [3.05, 3.63) is 106 Å². The Morgan fingerprint density at radius 2 is 1.65 bits per heavy atom. The first-order valence-electron chi connectivity index (χ1n) is 12.7. The molecule has 4 aromatic rings. The van der Waals surface area contributed by atoms with Crippen molar-refractivity contribution in [2.24, 2.45) is 12.1 Å². The lowest BCUT2D eigenvalue weighted by atomic mass is 10.1. The van der Waals surface area contributed by atoms with Crippen LogP contribution in [0.4, 0.5) is 5.69 Å². The lowest BCUT2D eigenvalue weighted by molar-refractivity contribution is -0.136. The summed E-state index contributed by atoms with van der Waals surface area (Å²) >= 11 is 0. The van der Waals surface area contributed by atoms with Gasteiger partial charge in [-0.25, -0.2) is 10.1 Å². The lowest BCUT2D eigenvalue weighted by Crippen LogP contribution is -2.34. The van der Waals surface area contributed by atoms with Crippen LogP contribution in [0.1, 0.15) is 29.3 Å². The summed E-state index contributed by atoms with van der Waals surface area (Å²) in [5, 5.41) is 6.29. The van der Waals surface area contributed by atoms with Crippen molar-refractivity contribution in [1.29, 1.82) is 0 Å². The molecular formula is C30H31N5O5. The number of aryl methyl sites for hydroxylation is 1. The fraction of sp³-hybridized carbons (Fsp3) is 0.200. The molecule has 0 aliphatic heterocycles. The monoisotopic (exact) mass is 541 g/mol. The molecule has 4 rings (SSSR count). The van der Waals surface area contributed by atoms with Crippen molar-refractivity contribution >= 4 is 23.7 Å². The van der Waals surface area contributed by atoms with Crippen LogP contribution in [-0.4, -0.2) is 34.0 Å². The van der Waals surface area contributed by atoms with E-state index in [1.54, 1.807) is 61.1 Å². The molecule has 0 radical (unpaired) electrons. The van der Waals surface area contributed by atoms with Crippen LogP contribution in [0.25, 0.3) is 5.69 Å². The summed E-state index contributed by atoms with van der Waals surface area (Å²) in [6, 6.07) is 22.2. The predicted octanol–water partition coefficient (Wildman–Crippen LogP) is 3.86. The number of hydrogen-bond acceptors (Lipinski definition) is 6. The molecule has 0 saturated carbocycles. The molecule has 0 bridgehead atoms. The smallest absolute Gasteiger partial charge is 0.329 e. The molecule has 1 aromatic heterocycles. The Labute approximate surface area is 231 Å². The van der Waals surface area contributed by atoms with Crippen LogP contribution < -0.4 is 25.8 Å². The minimum absolute atomic E-state index is 0.0122. The van der Waals surface area contributed by atoms with Crippen molar-refractivity contribution in [2.45, 2.75) is 27.4 Å². The van der Waals surface area contributed by atoms with Gasteiger partial charge >= 0.3 is 11.8 Å². The first-order chi connectivity index (χ1) is 19.3. The molecule has 3 aromatic carbocycles. The second kappa shape index (κ2) is 12.6. The molecule has 0 aliphatic rings. The van der Waals surface area contributed by atoms with Gasteiger partial charge in [-0.1, -0.05) is 42.5 Å². The number of rotatable bonds is 9. The highest BCUT2D eigenvalue weighted by Crippen LogP contribution is 2.29. The normalized spacial score (nSPS) is 10.9. The SMILES string of the molecule is CCOc1cc(C=NNC(=O)C(=O)Nc2c(C)n(C)n(-c3ccccc3)c2=O)ccc1OCc1ccccc1C. The zero-order chi connectivity index (χ0) is 28.6. The average molecular weight is 542 g/mol. The number of para-hydroxylation sites is 1. The standard InChI is InChI=1S/C30H31N5O5/c1-5-39-26-17-22(15-16-25(26)40-19-23-12-10-9-11-20(23)2)18-31-33-29(37)28(36)32-27-21(3)34(4)35(30(27)38)24-13-7-6-8-14-24/h6-18H,5,19H2,1-4H3,(H,32,36)(H,33,37). The summed E-state index contributed by atoms with van der Waals surface area (Å²) in [7, 11) is 1.69. The molecule has 0 unspecified atom stereocenters. The highest BCUT2D eigenvalue weighted by atomic mass is 16.5. The van der Waals surface area contributed by atoms with E-state index in [4.69, 9.17) is 9.47 Å². The Hall–Kier alpha value is -5.12. The number of nitrogens with one attached hydrogen (secondary N) is 2. The molecule has 206 valence electrons. The maximum absolute atomic E-state index is 13.0. The molecular weight excluding hydrogens is 510 g/mol. The summed E-state index contributed by atoms with van der Waals surface area (Å²) in [6.07, 6.45) is 1.38. The van der Waals surface area contributed by atoms with Crippen LogP contribution in [0.3, 0.4) is 0 Å². The molecule has 1 heterocycles. The second-order valence-electron chi connectivity index (χ2n) is 8.94. The summed E-state index contributed by atoms with van der Waals surface area (Å²) in [6.45, 7) is 6.40. The number of benzene rings is 3. The van der Waals surface area contributed by atoms with Crippen molar-refractivity contribution in [3.8, 4) is 17.2 Å². The zero-order valence-electron chi connectivity index (χ0n) is 22.8. The number of ether oxygens (including phenoxy) is 2. The Morgan fingerprint density at radius 3 is 2.38 bits per heavy atom. The molecule has 0 spiro atoms. The number of nitrogens with zero attached hydrogens (tertiary/aromatic N) is 3. The van der Waals surface area contributed by atoms with E-state index in [0.29, 0.717) is 41.7 Å². The first kappa shape index (κ1) is 27.9. The fourth-order valence-electron chi connectivity index (χ4n) is 4.02. The molecule has 40 heavy (non-hydrogen) atoms. The number of anilines is 1. The van der Waals surface area contributed by atoms with E-state index in [9.17, 15) is 14.4 Å². The number of aromatic nitrogens is 2. The number of carbonyl (C=O) groups excluding carboxylic acids is 2. The van der Waals surface area contributed by atoms with E-state index < -0.39 is 17.4 Å². The first-order valence-corrected chi connectivity index (χ1v) is 12.7. The second-order valence-corrected chi connectivity index (χ2v) is 8.94. The van der Waals surface area contributed by atoms with Crippen molar-refractivity contribution in [2.75, 3.05) is 11.9 Å². The molecule has 0 fully saturated rings. The minimum Gasteiger partial charge on any atom is -0.490 e. The summed E-state index contributed by atoms with van der Waals surface area (Å²) in [4.78, 5) is 37.9. The third-order valence-electron chi connectivity index (χ3n) is 6.29. The van der Waals surface area contributed by atoms with Gasteiger partial charge in [0, 0.05) is 7.05 Å². The van der Waals surface area contributed by atoms with Gasteiger partial charge in [0.05, 0.1) is 24.2 Å². The Bertz CT molecular complexity index is 1600. The van der Waals surface area contributed by atoms with Gasteiger partial charge in [-0.2, -0.15) is 5.10 Å². The number of amides is 2. The topological polar surface area (TPSA) is 116 Å². The predicted molar refractivity (Wildman–Crippen MR) is 153 cm³/mol. The van der Waals surface area contributed by atoms with Gasteiger partial charge < -0.3 is 14.8 Å². The molecule has 0 aliphatic carbocycles. The number of carbonyl (C=O) groups is 2. The van der Waals surface area contributed by atoms with Crippen LogP contribution in [0.5, 0.6) is 11.5 Å². The van der Waals surface area contributed by atoms with Gasteiger partial charge in [0.1, 0.15) is 12.3 Å². The van der Waals surface area contributed by atoms with Crippen LogP contribution in [-0.2, 0) is 23.2 Å². The van der Waals surface area contributed by atoms with Gasteiger partial charge in [0.2, 0.25) is 0 Å². The Balaban J connectivity index is 1.40. The third-order valence-corrected chi connectivity index (χ3v) is 6.29. The largest absolute Gasteiger partial charge is 0.490 e. The van der Waals surface area contributed by atoms with Gasteiger partial charge in [0.25, 0.3) is 5.56 Å². The quantitative estimate of drug-likeness (QED) is 0.190. The van der Waals surface area contributed by atoms with Crippen LogP contribution in [0.2, 0.25) is 0 Å². The van der Waals surface area contributed by atoms with E-state index in [2.05, 4.69) is 15.8 Å². The van der Waals surface area contributed by atoms with Crippen LogP contribution in [0, 0.1) is 13.8 Å². The van der Waals surface area contributed by atoms with Gasteiger partial charge in [-0.05, 0) is 67.8 Å². The average Bonchev–Trinajstić information content (AvgIpc) is 3.16. The fourth-order valence-corrected chi connectivity index (χ4v) is 4.02. The summed E-state index contributed by atoms with van der Waals surface area (Å²) in [5.41, 5.74) is 5.70. The number of hydrazone groups is 1. The molecule has 0 atom stereocenters. The van der Waals surface area contributed by atoms with Gasteiger partial charge in [-0.15, -0.1) is 0 Å². The van der Waals surface area contributed by atoms with Crippen LogP contribution in [0.15, 0.2) is 82.7 Å². The van der Waals surface area contributed by atoms with E-state index in [1.807, 2.05) is 44.2 Å². The van der Waals surface area contributed by atoms with E-state index in [0.717, 1.165) is 11.1 Å². The highest BCUT2D eigenvalue weighted by Gasteiger charge is 2.21. The van der Waals surface area contributed by atoms with Gasteiger partial charge in [0.15, 0.2) is 11.5 Å². The highest BCUT2D eigenvalue weighted by molar-refractivity contribution is 6.39. The third kappa shape index (κ3) is 6.29. The van der Waals surface area contributed by atoms with Crippen molar-refractivity contribution in [1.82, 2.24) is 14.8 Å². The Morgan fingerprint density at radius 1 is 0.925 bits per heavy atom. The molecule has 10 heteroatoms. The van der Waals surface area contributed by atoms with Crippen LogP contribution >= 0.6 is 0 Å². The number of hydrogen-bond donors (Lipinski definition) is 2. The Kier molecular flexibility index (Phi) is 8.80. The maximum atomic E-state index is 13.0. The van der Waals surface area contributed by atoms with Gasteiger partial charge in [-0.3, -0.25) is 19.1 Å². The molecule has 2 N–H and O–H groups in total. The van der Waals surface area contributed by atoms with E-state index >= 15 is 0 Å². The molecule has 0 saturated heterocycles. The lowest BCUT2D eigenvalue weighted by Gasteiger charge is -2.13. The van der Waals surface area contributed by atoms with E-state index in [1.165, 1.54) is 10.9 Å². The molecule has 10 nitrogen and oxygen atoms in total. The zero-order valence-corrected chi connectivity index (χ0v) is 22.8. The van der Waals surface area contributed by atoms with Crippen molar-refractivity contribution in [3.63, 3.8) is 0 Å². The molecule has 2 amide bonds. The summed E-state index contributed by atoms with van der Waals surface area (Å²) in [5.74, 6) is -0.935. The maximum Gasteiger partial charge on any atom is 0.329 e. The minimum atomic E-state index is -1.02. The van der Waals surface area contributed by atoms with E-state index in [-0.39, 0.29) is 5.69 Å². The summed E-state index contributed by atoms with van der Waals surface area (Å²) < 4.78 is 14.7. The van der Waals surface area contributed by atoms with Crippen molar-refractivity contribution < 1.29 is 19.1 Å².